The topological polar surface area (TPSA) is 58.1 Å². The molecule has 2 aromatic rings. The molecule has 2 rings (SSSR count). The van der Waals surface area contributed by atoms with Crippen LogP contribution in [0, 0.1) is 0 Å². The van der Waals surface area contributed by atoms with Gasteiger partial charge in [0.15, 0.2) is 5.82 Å². The third-order valence-electron chi connectivity index (χ3n) is 1.67. The second kappa shape index (κ2) is 3.12. The van der Waals surface area contributed by atoms with Crippen molar-refractivity contribution in [1.29, 1.82) is 0 Å². The Hall–Kier alpha value is -1.45. The number of fused-ring (bicyclic) bond motifs is 1. The lowest BCUT2D eigenvalue weighted by atomic mass is 10.2. The van der Waals surface area contributed by atoms with Crippen molar-refractivity contribution in [1.82, 2.24) is 10.2 Å². The first-order valence-electron chi connectivity index (χ1n) is 3.53. The van der Waals surface area contributed by atoms with Gasteiger partial charge in [-0.2, -0.15) is 5.10 Å². The van der Waals surface area contributed by atoms with Crippen LogP contribution in [0.4, 0.5) is 5.82 Å². The zero-order valence-electron chi connectivity index (χ0n) is 6.41. The summed E-state index contributed by atoms with van der Waals surface area (Å²) in [6, 6.07) is 5.56. The van der Waals surface area contributed by atoms with Crippen LogP contribution in [0.15, 0.2) is 27.7 Å². The zero-order chi connectivity index (χ0) is 9.26. The predicted molar refractivity (Wildman–Crippen MR) is 51.6 cm³/mol. The molecule has 0 saturated carbocycles. The number of para-hydroxylation sites is 1. The lowest BCUT2D eigenvalue weighted by Crippen LogP contribution is -1.69. The van der Waals surface area contributed by atoms with Crippen LogP contribution in [0.3, 0.4) is 0 Å². The van der Waals surface area contributed by atoms with Crippen molar-refractivity contribution < 1.29 is 4.79 Å². The molecule has 1 aromatic heterocycles. The van der Waals surface area contributed by atoms with Gasteiger partial charge in [-0.1, -0.05) is 6.07 Å². The lowest BCUT2D eigenvalue weighted by Gasteiger charge is -1.89. The lowest BCUT2D eigenvalue weighted by molar-refractivity contribution is 0.565. The average Bonchev–Trinajstić information content (AvgIpc) is 2.51. The summed E-state index contributed by atoms with van der Waals surface area (Å²) in [4.78, 5) is 13.5. The summed E-state index contributed by atoms with van der Waals surface area (Å²) in [5.41, 5.74) is 0.761. The van der Waals surface area contributed by atoms with Crippen molar-refractivity contribution in [3.63, 3.8) is 0 Å². The second-order valence-electron chi connectivity index (χ2n) is 2.41. The molecule has 0 amide bonds. The first-order valence-corrected chi connectivity index (χ1v) is 4.32. The number of aromatic amines is 1. The summed E-state index contributed by atoms with van der Waals surface area (Å²) in [6.45, 7) is 0. The smallest absolute Gasteiger partial charge is 0.242 e. The van der Waals surface area contributed by atoms with Crippen LogP contribution in [0.1, 0.15) is 0 Å². The van der Waals surface area contributed by atoms with E-state index in [0.717, 1.165) is 15.4 Å². The molecule has 5 heteroatoms. The van der Waals surface area contributed by atoms with Crippen molar-refractivity contribution in [2.75, 3.05) is 0 Å². The van der Waals surface area contributed by atoms with Crippen LogP contribution in [0.25, 0.3) is 10.9 Å². The molecular weight excluding hydrogens is 234 g/mol. The molecule has 1 N–H and O–H groups in total. The van der Waals surface area contributed by atoms with E-state index in [4.69, 9.17) is 0 Å². The fraction of sp³-hybridized carbons (Fsp3) is 0. The number of hydrogen-bond donors (Lipinski definition) is 1. The number of nitrogens with one attached hydrogen (secondary N) is 1. The Balaban J connectivity index is 2.82. The SMILES string of the molecule is O=C=Nc1[nH]nc2c(Br)cccc12. The molecule has 0 radical (unpaired) electrons. The van der Waals surface area contributed by atoms with Crippen molar-refractivity contribution in [3.8, 4) is 0 Å². The van der Waals surface area contributed by atoms with Crippen molar-refractivity contribution >= 4 is 38.7 Å². The normalized spacial score (nSPS) is 9.92. The summed E-state index contributed by atoms with van der Waals surface area (Å²) >= 11 is 3.34. The van der Waals surface area contributed by atoms with E-state index >= 15 is 0 Å². The average molecular weight is 238 g/mol. The van der Waals surface area contributed by atoms with E-state index in [1.54, 1.807) is 0 Å². The number of rotatable bonds is 1. The summed E-state index contributed by atoms with van der Waals surface area (Å²) in [5, 5.41) is 7.44. The number of carbonyl (C=O) groups excluding carboxylic acids is 1. The highest BCUT2D eigenvalue weighted by Gasteiger charge is 2.05. The molecule has 1 aromatic carbocycles. The number of nitrogens with zero attached hydrogens (tertiary/aromatic N) is 2. The molecule has 0 aliphatic carbocycles. The van der Waals surface area contributed by atoms with Crippen LogP contribution in [-0.2, 0) is 4.79 Å². The standard InChI is InChI=1S/C8H4BrN3O/c9-6-3-1-2-5-7(6)11-12-8(5)10-4-13/h1-3H,(H,11,12). The maximum Gasteiger partial charge on any atom is 0.242 e. The summed E-state index contributed by atoms with van der Waals surface area (Å²) in [6.07, 6.45) is 1.47. The fourth-order valence-corrected chi connectivity index (χ4v) is 1.57. The molecular formula is C8H4BrN3O. The minimum atomic E-state index is 0.436. The molecule has 4 nitrogen and oxygen atoms in total. The minimum absolute atomic E-state index is 0.436. The van der Waals surface area contributed by atoms with E-state index in [-0.39, 0.29) is 0 Å². The first kappa shape index (κ1) is 8.16. The van der Waals surface area contributed by atoms with Crippen LogP contribution < -0.4 is 0 Å². The van der Waals surface area contributed by atoms with E-state index < -0.39 is 0 Å². The molecule has 0 saturated heterocycles. The van der Waals surface area contributed by atoms with Gasteiger partial charge in [0.2, 0.25) is 6.08 Å². The van der Waals surface area contributed by atoms with Gasteiger partial charge in [-0.25, -0.2) is 4.79 Å². The van der Waals surface area contributed by atoms with E-state index in [1.807, 2.05) is 18.2 Å². The van der Waals surface area contributed by atoms with Gasteiger partial charge in [-0.15, -0.1) is 4.99 Å². The monoisotopic (exact) mass is 237 g/mol. The number of halogens is 1. The van der Waals surface area contributed by atoms with Gasteiger partial charge in [0, 0.05) is 9.86 Å². The number of isocyanates is 1. The van der Waals surface area contributed by atoms with Crippen LogP contribution in [-0.4, -0.2) is 16.3 Å². The Morgan fingerprint density at radius 1 is 1.54 bits per heavy atom. The Labute approximate surface area is 81.8 Å². The van der Waals surface area contributed by atoms with Gasteiger partial charge < -0.3 is 0 Å². The highest BCUT2D eigenvalue weighted by Crippen LogP contribution is 2.27. The summed E-state index contributed by atoms with van der Waals surface area (Å²) in [5.74, 6) is 0.436. The zero-order valence-corrected chi connectivity index (χ0v) is 8.00. The van der Waals surface area contributed by atoms with Crippen LogP contribution in [0.2, 0.25) is 0 Å². The Morgan fingerprint density at radius 3 is 3.15 bits per heavy atom. The number of H-pyrrole nitrogens is 1. The highest BCUT2D eigenvalue weighted by atomic mass is 79.9. The van der Waals surface area contributed by atoms with Gasteiger partial charge in [0.05, 0.1) is 0 Å². The van der Waals surface area contributed by atoms with Gasteiger partial charge >= 0.3 is 0 Å². The van der Waals surface area contributed by atoms with E-state index in [0.29, 0.717) is 5.82 Å². The van der Waals surface area contributed by atoms with Crippen molar-refractivity contribution in [3.05, 3.63) is 22.7 Å². The fourth-order valence-electron chi connectivity index (χ4n) is 1.12. The quantitative estimate of drug-likeness (QED) is 0.612. The van der Waals surface area contributed by atoms with E-state index in [9.17, 15) is 4.79 Å². The van der Waals surface area contributed by atoms with Gasteiger partial charge in [0.25, 0.3) is 0 Å². The van der Waals surface area contributed by atoms with Crippen LogP contribution >= 0.6 is 15.9 Å². The summed E-state index contributed by atoms with van der Waals surface area (Å²) < 4.78 is 0.869. The largest absolute Gasteiger partial charge is 0.259 e. The molecule has 64 valence electrons. The Kier molecular flexibility index (Phi) is 1.96. The van der Waals surface area contributed by atoms with Crippen LogP contribution in [0.5, 0.6) is 0 Å². The predicted octanol–water partition coefficient (Wildman–Crippen LogP) is 2.29. The maximum atomic E-state index is 10.0. The van der Waals surface area contributed by atoms with E-state index in [2.05, 4.69) is 31.1 Å². The van der Waals surface area contributed by atoms with E-state index in [1.165, 1.54) is 6.08 Å². The molecule has 0 fully saturated rings. The molecule has 0 aliphatic rings. The molecule has 0 atom stereocenters. The van der Waals surface area contributed by atoms with Crippen molar-refractivity contribution in [2.45, 2.75) is 0 Å². The Bertz CT molecular complexity index is 499. The number of aromatic nitrogens is 2. The molecule has 0 bridgehead atoms. The molecule has 0 unspecified atom stereocenters. The third kappa shape index (κ3) is 1.28. The molecule has 13 heavy (non-hydrogen) atoms. The Morgan fingerprint density at radius 2 is 2.38 bits per heavy atom. The third-order valence-corrected chi connectivity index (χ3v) is 2.31. The molecule has 0 aliphatic heterocycles. The molecule has 0 spiro atoms. The van der Waals surface area contributed by atoms with Gasteiger partial charge in [0.1, 0.15) is 5.52 Å². The van der Waals surface area contributed by atoms with Gasteiger partial charge in [-0.3, -0.25) is 5.10 Å². The number of aliphatic imine (C=N–C) groups is 1. The highest BCUT2D eigenvalue weighted by molar-refractivity contribution is 9.10. The minimum Gasteiger partial charge on any atom is -0.259 e. The second-order valence-corrected chi connectivity index (χ2v) is 3.27. The number of benzene rings is 1. The number of hydrogen-bond acceptors (Lipinski definition) is 3. The molecule has 1 heterocycles. The van der Waals surface area contributed by atoms with Gasteiger partial charge in [-0.05, 0) is 28.1 Å². The van der Waals surface area contributed by atoms with Crippen molar-refractivity contribution in [2.24, 2.45) is 4.99 Å². The summed E-state index contributed by atoms with van der Waals surface area (Å²) in [7, 11) is 0. The maximum absolute atomic E-state index is 10.0. The first-order chi connectivity index (χ1) is 6.33.